The van der Waals surface area contributed by atoms with E-state index in [1.807, 2.05) is 0 Å². The van der Waals surface area contributed by atoms with E-state index in [-0.39, 0.29) is 6.61 Å². The molecule has 1 aromatic rings. The summed E-state index contributed by atoms with van der Waals surface area (Å²) >= 11 is 0. The average Bonchev–Trinajstić information content (AvgIpc) is 2.78. The van der Waals surface area contributed by atoms with Crippen LogP contribution in [0.1, 0.15) is 6.23 Å². The van der Waals surface area contributed by atoms with Gasteiger partial charge in [-0.25, -0.2) is 0 Å². The van der Waals surface area contributed by atoms with Crippen LogP contribution in [0.15, 0.2) is 24.5 Å². The highest BCUT2D eigenvalue weighted by Crippen LogP contribution is 2.28. The zero-order valence-electron chi connectivity index (χ0n) is 7.52. The van der Waals surface area contributed by atoms with Crippen molar-refractivity contribution >= 4 is 0 Å². The summed E-state index contributed by atoms with van der Waals surface area (Å²) in [4.78, 5) is 0. The molecule has 0 aliphatic carbocycles. The molecule has 1 aliphatic rings. The van der Waals surface area contributed by atoms with Crippen LogP contribution in [-0.4, -0.2) is 44.8 Å². The molecule has 1 saturated heterocycles. The van der Waals surface area contributed by atoms with E-state index in [0.29, 0.717) is 0 Å². The van der Waals surface area contributed by atoms with Crippen LogP contribution in [0.3, 0.4) is 0 Å². The van der Waals surface area contributed by atoms with Crippen LogP contribution in [0.5, 0.6) is 0 Å². The molecule has 0 amide bonds. The van der Waals surface area contributed by atoms with E-state index in [1.165, 1.54) is 0 Å². The van der Waals surface area contributed by atoms with E-state index >= 15 is 0 Å². The Labute approximate surface area is 81.2 Å². The van der Waals surface area contributed by atoms with Crippen LogP contribution in [-0.2, 0) is 4.74 Å². The van der Waals surface area contributed by atoms with Crippen molar-refractivity contribution in [1.82, 2.24) is 4.57 Å². The lowest BCUT2D eigenvalue weighted by molar-refractivity contribution is -0.0525. The SMILES string of the molecule is OCC1OC(n2cccc2)C(O)C1O. The molecular weight excluding hydrogens is 186 g/mol. The van der Waals surface area contributed by atoms with E-state index in [1.54, 1.807) is 29.1 Å². The molecular formula is C9H13NO4. The number of rotatable bonds is 2. The Kier molecular flexibility index (Phi) is 2.56. The van der Waals surface area contributed by atoms with Crippen LogP contribution in [0.4, 0.5) is 0 Å². The van der Waals surface area contributed by atoms with Crippen molar-refractivity contribution in [3.63, 3.8) is 0 Å². The number of nitrogens with zero attached hydrogens (tertiary/aromatic N) is 1. The van der Waals surface area contributed by atoms with Gasteiger partial charge < -0.3 is 24.6 Å². The molecule has 0 aromatic carbocycles. The normalized spacial score (nSPS) is 37.6. The van der Waals surface area contributed by atoms with E-state index < -0.39 is 24.5 Å². The molecule has 0 spiro atoms. The highest BCUT2D eigenvalue weighted by Gasteiger charge is 2.42. The number of ether oxygens (including phenoxy) is 1. The minimum Gasteiger partial charge on any atom is -0.394 e. The second-order valence-electron chi connectivity index (χ2n) is 3.36. The van der Waals surface area contributed by atoms with Gasteiger partial charge in [0.15, 0.2) is 6.23 Å². The Bertz CT molecular complexity index is 287. The minimum atomic E-state index is -1.03. The zero-order chi connectivity index (χ0) is 10.1. The standard InChI is InChI=1S/C9H13NO4/c11-5-6-7(12)8(13)9(14-6)10-3-1-2-4-10/h1-4,6-9,11-13H,5H2. The van der Waals surface area contributed by atoms with Gasteiger partial charge in [0.05, 0.1) is 6.61 Å². The zero-order valence-corrected chi connectivity index (χ0v) is 7.52. The van der Waals surface area contributed by atoms with Crippen LogP contribution >= 0.6 is 0 Å². The summed E-state index contributed by atoms with van der Waals surface area (Å²) in [6.45, 7) is -0.296. The van der Waals surface area contributed by atoms with Gasteiger partial charge in [-0.3, -0.25) is 0 Å². The Morgan fingerprint density at radius 1 is 1.14 bits per heavy atom. The molecule has 4 atom stereocenters. The van der Waals surface area contributed by atoms with Gasteiger partial charge in [0.1, 0.15) is 18.3 Å². The Hall–Kier alpha value is -0.880. The Morgan fingerprint density at radius 2 is 1.79 bits per heavy atom. The quantitative estimate of drug-likeness (QED) is 0.577. The van der Waals surface area contributed by atoms with Gasteiger partial charge in [0.2, 0.25) is 0 Å². The Balaban J connectivity index is 2.16. The van der Waals surface area contributed by atoms with Crippen molar-refractivity contribution < 1.29 is 20.1 Å². The summed E-state index contributed by atoms with van der Waals surface area (Å²) < 4.78 is 6.95. The molecule has 2 heterocycles. The summed E-state index contributed by atoms with van der Waals surface area (Å²) in [5, 5.41) is 28.0. The summed E-state index contributed by atoms with van der Waals surface area (Å²) in [5.74, 6) is 0. The number of hydrogen-bond donors (Lipinski definition) is 3. The van der Waals surface area contributed by atoms with Crippen molar-refractivity contribution in [2.75, 3.05) is 6.61 Å². The van der Waals surface area contributed by atoms with Gasteiger partial charge in [0, 0.05) is 12.4 Å². The molecule has 1 aliphatic heterocycles. The predicted octanol–water partition coefficient (Wildman–Crippen LogP) is -0.900. The molecule has 1 aromatic heterocycles. The van der Waals surface area contributed by atoms with Crippen LogP contribution in [0.25, 0.3) is 0 Å². The molecule has 2 rings (SSSR count). The number of hydrogen-bond acceptors (Lipinski definition) is 4. The number of aliphatic hydroxyl groups is 3. The first kappa shape index (κ1) is 9.67. The van der Waals surface area contributed by atoms with E-state index in [2.05, 4.69) is 0 Å². The molecule has 78 valence electrons. The molecule has 4 unspecified atom stereocenters. The molecule has 1 fully saturated rings. The largest absolute Gasteiger partial charge is 0.394 e. The fourth-order valence-corrected chi connectivity index (χ4v) is 1.64. The number of aliphatic hydroxyl groups excluding tert-OH is 3. The van der Waals surface area contributed by atoms with E-state index in [9.17, 15) is 10.2 Å². The minimum absolute atomic E-state index is 0.296. The second-order valence-corrected chi connectivity index (χ2v) is 3.36. The van der Waals surface area contributed by atoms with E-state index in [0.717, 1.165) is 0 Å². The summed E-state index contributed by atoms with van der Waals surface area (Å²) in [7, 11) is 0. The van der Waals surface area contributed by atoms with Crippen molar-refractivity contribution in [3.05, 3.63) is 24.5 Å². The smallest absolute Gasteiger partial charge is 0.162 e. The average molecular weight is 199 g/mol. The second kappa shape index (κ2) is 3.70. The molecule has 3 N–H and O–H groups in total. The topological polar surface area (TPSA) is 74.9 Å². The van der Waals surface area contributed by atoms with Gasteiger partial charge in [-0.05, 0) is 12.1 Å². The molecule has 14 heavy (non-hydrogen) atoms. The Morgan fingerprint density at radius 3 is 2.29 bits per heavy atom. The monoisotopic (exact) mass is 199 g/mol. The van der Waals surface area contributed by atoms with Crippen molar-refractivity contribution in [1.29, 1.82) is 0 Å². The van der Waals surface area contributed by atoms with Crippen molar-refractivity contribution in [3.8, 4) is 0 Å². The summed E-state index contributed by atoms with van der Waals surface area (Å²) in [5.41, 5.74) is 0. The lowest BCUT2D eigenvalue weighted by Crippen LogP contribution is -2.33. The van der Waals surface area contributed by atoms with Crippen LogP contribution in [0.2, 0.25) is 0 Å². The summed E-state index contributed by atoms with van der Waals surface area (Å²) in [6.07, 6.45) is 0.113. The third kappa shape index (κ3) is 1.44. The third-order valence-electron chi connectivity index (χ3n) is 2.44. The summed E-state index contributed by atoms with van der Waals surface area (Å²) in [6, 6.07) is 3.60. The number of aromatic nitrogens is 1. The molecule has 0 saturated carbocycles. The van der Waals surface area contributed by atoms with Gasteiger partial charge in [0.25, 0.3) is 0 Å². The fraction of sp³-hybridized carbons (Fsp3) is 0.556. The maximum absolute atomic E-state index is 9.62. The third-order valence-corrected chi connectivity index (χ3v) is 2.44. The molecule has 0 radical (unpaired) electrons. The molecule has 5 nitrogen and oxygen atoms in total. The van der Waals surface area contributed by atoms with Gasteiger partial charge in [-0.15, -0.1) is 0 Å². The van der Waals surface area contributed by atoms with Crippen molar-refractivity contribution in [2.45, 2.75) is 24.5 Å². The maximum atomic E-state index is 9.62. The first-order chi connectivity index (χ1) is 6.74. The first-order valence-electron chi connectivity index (χ1n) is 4.49. The van der Waals surface area contributed by atoms with Crippen LogP contribution in [0, 0.1) is 0 Å². The highest BCUT2D eigenvalue weighted by atomic mass is 16.6. The molecule has 0 bridgehead atoms. The van der Waals surface area contributed by atoms with Crippen LogP contribution < -0.4 is 0 Å². The fourth-order valence-electron chi connectivity index (χ4n) is 1.64. The highest BCUT2D eigenvalue weighted by molar-refractivity contribution is 4.97. The first-order valence-corrected chi connectivity index (χ1v) is 4.49. The van der Waals surface area contributed by atoms with Gasteiger partial charge >= 0.3 is 0 Å². The van der Waals surface area contributed by atoms with Crippen molar-refractivity contribution in [2.24, 2.45) is 0 Å². The predicted molar refractivity (Wildman–Crippen MR) is 47.4 cm³/mol. The van der Waals surface area contributed by atoms with E-state index in [4.69, 9.17) is 9.84 Å². The van der Waals surface area contributed by atoms with Gasteiger partial charge in [-0.1, -0.05) is 0 Å². The lowest BCUT2D eigenvalue weighted by Gasteiger charge is -2.15. The lowest BCUT2D eigenvalue weighted by atomic mass is 10.1. The molecule has 5 heteroatoms. The van der Waals surface area contributed by atoms with Gasteiger partial charge in [-0.2, -0.15) is 0 Å². The maximum Gasteiger partial charge on any atom is 0.162 e.